The molecule has 0 aromatic heterocycles. The van der Waals surface area contributed by atoms with E-state index in [4.69, 9.17) is 10.4 Å². The minimum atomic E-state index is -1.06. The van der Waals surface area contributed by atoms with E-state index < -0.39 is 12.0 Å². The van der Waals surface area contributed by atoms with Crippen LogP contribution in [0.1, 0.15) is 5.56 Å². The van der Waals surface area contributed by atoms with Gasteiger partial charge >= 0.3 is 5.97 Å². The fraction of sp³-hybridized carbons (Fsp3) is 0.250. The number of carboxylic acids is 1. The minimum Gasteiger partial charge on any atom is -0.480 e. The zero-order chi connectivity index (χ0) is 13.1. The highest BCUT2D eigenvalue weighted by molar-refractivity contribution is 6.01. The number of hydrogen-bond donors (Lipinski definition) is 2. The van der Waals surface area contributed by atoms with Crippen molar-refractivity contribution >= 4 is 17.6 Å². The van der Waals surface area contributed by atoms with Crippen molar-refractivity contribution in [3.8, 4) is 6.07 Å². The van der Waals surface area contributed by atoms with Crippen LogP contribution >= 0.6 is 0 Å². The summed E-state index contributed by atoms with van der Waals surface area (Å²) in [6.07, 6.45) is 0. The van der Waals surface area contributed by atoms with Crippen LogP contribution in [-0.2, 0) is 9.59 Å². The number of carbonyl (C=O) groups excluding carboxylic acids is 1. The highest BCUT2D eigenvalue weighted by atomic mass is 16.4. The highest BCUT2D eigenvalue weighted by Crippen LogP contribution is 2.19. The van der Waals surface area contributed by atoms with Crippen molar-refractivity contribution in [3.63, 3.8) is 0 Å². The Hall–Kier alpha value is -2.39. The Balaban J connectivity index is 2.34. The van der Waals surface area contributed by atoms with Crippen LogP contribution in [0, 0.1) is 11.3 Å². The van der Waals surface area contributed by atoms with Crippen molar-refractivity contribution in [2.45, 2.75) is 6.04 Å². The summed E-state index contributed by atoms with van der Waals surface area (Å²) in [5.41, 5.74) is 0.959. The third kappa shape index (κ3) is 2.17. The van der Waals surface area contributed by atoms with Gasteiger partial charge in [-0.25, -0.2) is 4.79 Å². The molecule has 1 heterocycles. The van der Waals surface area contributed by atoms with E-state index in [0.29, 0.717) is 11.3 Å². The molecule has 0 aliphatic carbocycles. The summed E-state index contributed by atoms with van der Waals surface area (Å²) in [7, 11) is 0. The second-order valence-electron chi connectivity index (χ2n) is 3.91. The molecule has 6 heteroatoms. The summed E-state index contributed by atoms with van der Waals surface area (Å²) in [5, 5.41) is 20.6. The Morgan fingerprint density at radius 3 is 2.67 bits per heavy atom. The first-order chi connectivity index (χ1) is 8.63. The van der Waals surface area contributed by atoms with Gasteiger partial charge in [0, 0.05) is 12.2 Å². The molecule has 92 valence electrons. The van der Waals surface area contributed by atoms with E-state index in [9.17, 15) is 9.59 Å². The van der Waals surface area contributed by atoms with Gasteiger partial charge in [-0.1, -0.05) is 0 Å². The first kappa shape index (κ1) is 12.1. The van der Waals surface area contributed by atoms with Crippen molar-refractivity contribution in [1.82, 2.24) is 5.32 Å². The quantitative estimate of drug-likeness (QED) is 0.761. The topological polar surface area (TPSA) is 93.4 Å². The molecule has 1 fully saturated rings. The fourth-order valence-electron chi connectivity index (χ4n) is 1.88. The molecule has 1 atom stereocenters. The van der Waals surface area contributed by atoms with Gasteiger partial charge in [-0.3, -0.25) is 9.69 Å². The van der Waals surface area contributed by atoms with Crippen molar-refractivity contribution in [3.05, 3.63) is 29.8 Å². The summed E-state index contributed by atoms with van der Waals surface area (Å²) in [4.78, 5) is 24.2. The Labute approximate surface area is 103 Å². The van der Waals surface area contributed by atoms with Gasteiger partial charge in [0.25, 0.3) is 0 Å². The van der Waals surface area contributed by atoms with E-state index in [0.717, 1.165) is 0 Å². The minimum absolute atomic E-state index is 0.115. The molecule has 1 aromatic rings. The Bertz CT molecular complexity index is 518. The summed E-state index contributed by atoms with van der Waals surface area (Å²) >= 11 is 0. The molecule has 0 saturated carbocycles. The van der Waals surface area contributed by atoms with Gasteiger partial charge in [0.15, 0.2) is 0 Å². The Kier molecular flexibility index (Phi) is 3.26. The number of aliphatic carboxylic acids is 1. The maximum atomic E-state index is 11.8. The SMILES string of the molecule is N#Cc1ccc(N2C(=O)CNCC2C(=O)O)cc1. The van der Waals surface area contributed by atoms with Crippen LogP contribution in [0.3, 0.4) is 0 Å². The number of hydrogen-bond acceptors (Lipinski definition) is 4. The first-order valence-corrected chi connectivity index (χ1v) is 5.39. The lowest BCUT2D eigenvalue weighted by Gasteiger charge is -2.33. The van der Waals surface area contributed by atoms with Crippen LogP contribution in [0.4, 0.5) is 5.69 Å². The molecule has 2 rings (SSSR count). The molecule has 1 aromatic carbocycles. The van der Waals surface area contributed by atoms with E-state index in [2.05, 4.69) is 5.32 Å². The van der Waals surface area contributed by atoms with E-state index in [1.807, 2.05) is 6.07 Å². The van der Waals surface area contributed by atoms with Gasteiger partial charge in [-0.2, -0.15) is 5.26 Å². The standard InChI is InChI=1S/C12H11N3O3/c13-5-8-1-3-9(4-2-8)15-10(12(17)18)6-14-7-11(15)16/h1-4,10,14H,6-7H2,(H,17,18). The maximum Gasteiger partial charge on any atom is 0.328 e. The summed E-state index contributed by atoms with van der Waals surface area (Å²) < 4.78 is 0. The number of carboxylic acid groups (broad SMARTS) is 1. The normalized spacial score (nSPS) is 19.4. The molecule has 1 amide bonds. The molecule has 6 nitrogen and oxygen atoms in total. The molecule has 2 N–H and O–H groups in total. The Morgan fingerprint density at radius 2 is 2.11 bits per heavy atom. The highest BCUT2D eigenvalue weighted by Gasteiger charge is 2.33. The smallest absolute Gasteiger partial charge is 0.328 e. The average Bonchev–Trinajstić information content (AvgIpc) is 2.38. The first-order valence-electron chi connectivity index (χ1n) is 5.39. The van der Waals surface area contributed by atoms with Crippen molar-refractivity contribution in [2.75, 3.05) is 18.0 Å². The van der Waals surface area contributed by atoms with E-state index >= 15 is 0 Å². The maximum absolute atomic E-state index is 11.8. The number of benzene rings is 1. The third-order valence-electron chi connectivity index (χ3n) is 2.75. The largest absolute Gasteiger partial charge is 0.480 e. The van der Waals surface area contributed by atoms with Gasteiger partial charge in [-0.15, -0.1) is 0 Å². The molecule has 1 unspecified atom stereocenters. The molecular formula is C12H11N3O3. The second-order valence-corrected chi connectivity index (χ2v) is 3.91. The summed E-state index contributed by atoms with van der Waals surface area (Å²) in [6.45, 7) is 0.324. The molecule has 1 saturated heterocycles. The molecular weight excluding hydrogens is 234 g/mol. The lowest BCUT2D eigenvalue weighted by Crippen LogP contribution is -2.58. The lowest BCUT2D eigenvalue weighted by atomic mass is 10.1. The number of nitriles is 1. The average molecular weight is 245 g/mol. The van der Waals surface area contributed by atoms with Gasteiger partial charge in [0.2, 0.25) is 5.91 Å². The third-order valence-corrected chi connectivity index (χ3v) is 2.75. The van der Waals surface area contributed by atoms with Crippen LogP contribution in [0.5, 0.6) is 0 Å². The van der Waals surface area contributed by atoms with Gasteiger partial charge in [0.05, 0.1) is 18.2 Å². The molecule has 1 aliphatic rings. The van der Waals surface area contributed by atoms with Crippen molar-refractivity contribution in [1.29, 1.82) is 5.26 Å². The van der Waals surface area contributed by atoms with Gasteiger partial charge in [0.1, 0.15) is 6.04 Å². The number of anilines is 1. The monoisotopic (exact) mass is 245 g/mol. The lowest BCUT2D eigenvalue weighted by molar-refractivity contribution is -0.140. The van der Waals surface area contributed by atoms with Gasteiger partial charge in [-0.05, 0) is 24.3 Å². The van der Waals surface area contributed by atoms with E-state index in [1.54, 1.807) is 24.3 Å². The predicted octanol–water partition coefficient (Wildman–Crippen LogP) is -0.0523. The molecule has 0 radical (unpaired) electrons. The van der Waals surface area contributed by atoms with E-state index in [-0.39, 0.29) is 19.0 Å². The van der Waals surface area contributed by atoms with Crippen molar-refractivity contribution in [2.24, 2.45) is 0 Å². The predicted molar refractivity (Wildman–Crippen MR) is 62.9 cm³/mol. The number of piperazine rings is 1. The van der Waals surface area contributed by atoms with Gasteiger partial charge < -0.3 is 10.4 Å². The van der Waals surface area contributed by atoms with Crippen LogP contribution < -0.4 is 10.2 Å². The number of carbonyl (C=O) groups is 2. The number of rotatable bonds is 2. The summed E-state index contributed by atoms with van der Waals surface area (Å²) in [5.74, 6) is -1.35. The number of amides is 1. The fourth-order valence-corrected chi connectivity index (χ4v) is 1.88. The Morgan fingerprint density at radius 1 is 1.44 bits per heavy atom. The summed E-state index contributed by atoms with van der Waals surface area (Å²) in [6, 6.07) is 7.33. The van der Waals surface area contributed by atoms with Crippen molar-refractivity contribution < 1.29 is 14.7 Å². The number of nitrogens with zero attached hydrogens (tertiary/aromatic N) is 2. The second kappa shape index (κ2) is 4.85. The van der Waals surface area contributed by atoms with E-state index in [1.165, 1.54) is 4.90 Å². The molecule has 18 heavy (non-hydrogen) atoms. The number of nitrogens with one attached hydrogen (secondary N) is 1. The molecule has 0 bridgehead atoms. The molecule has 1 aliphatic heterocycles. The zero-order valence-electron chi connectivity index (χ0n) is 9.46. The van der Waals surface area contributed by atoms with Crippen LogP contribution in [0.25, 0.3) is 0 Å². The van der Waals surface area contributed by atoms with Crippen LogP contribution in [-0.4, -0.2) is 36.1 Å². The van der Waals surface area contributed by atoms with Crippen LogP contribution in [0.15, 0.2) is 24.3 Å². The zero-order valence-corrected chi connectivity index (χ0v) is 9.46. The molecule has 0 spiro atoms. The van der Waals surface area contributed by atoms with Crippen LogP contribution in [0.2, 0.25) is 0 Å².